The molecule has 0 spiro atoms. The summed E-state index contributed by atoms with van der Waals surface area (Å²) in [5, 5.41) is 75.0. The van der Waals surface area contributed by atoms with Crippen LogP contribution in [0.25, 0.3) is 0 Å². The van der Waals surface area contributed by atoms with Crippen LogP contribution in [-0.4, -0.2) is 254 Å². The van der Waals surface area contributed by atoms with Gasteiger partial charge in [-0.15, -0.1) is 0 Å². The standard InChI is InChI=1S/C60H95N21O22S/c1-27(2)46(79-48(92)31(61)14-16-40(62)84)56(100)71-25-43(87)81-20-6-9-39(81)55(99)77-37(23-45(90)91)52(96)76-36(22-41(63)85)53(97)80-47(28(3)82)57(101)70-24-42(86)72-33(15-17-44(88)89)50(94)75-35(21-29-10-12-30(83)13-11-29)51(95)73-32(7-4-18-68-59(64)65)49(93)78-38(26-104)54(98)74-34(58(102)103)8-5-19-69-60(66)67/h10-13,27-28,31-39,46-47,82-83,104H,4-9,14-26,61H2,1-3H3,(H2,62,84)(H2,63,85)(H,70,101)(H,71,100)(H,72,86)(H,73,95)(H,74,98)(H,75,94)(H,76,96)(H,77,99)(H,78,93)(H,79,92)(H,80,97)(H,88,89)(H,90,91)(H,102,103)(H4,64,65,68)(H4,66,67,69)/t28-,31+,32+,33+,34+,35+,36+,37+,38+,39+,46+,47+/m1/s1. The van der Waals surface area contributed by atoms with E-state index in [-0.39, 0.29) is 94.2 Å². The van der Waals surface area contributed by atoms with Crippen LogP contribution in [0.5, 0.6) is 5.75 Å². The molecule has 0 radical (unpaired) electrons. The van der Waals surface area contributed by atoms with Crippen molar-refractivity contribution in [3.05, 3.63) is 29.8 Å². The fourth-order valence-electron chi connectivity index (χ4n) is 9.88. The van der Waals surface area contributed by atoms with Crippen LogP contribution in [0.3, 0.4) is 0 Å². The number of hydrogen-bond donors (Lipinski definition) is 24. The van der Waals surface area contributed by atoms with Crippen molar-refractivity contribution in [2.75, 3.05) is 38.5 Å². The van der Waals surface area contributed by atoms with Crippen molar-refractivity contribution in [1.82, 2.24) is 63.4 Å². The minimum Gasteiger partial charge on any atom is -0.508 e. The van der Waals surface area contributed by atoms with Crippen molar-refractivity contribution in [1.29, 1.82) is 0 Å². The first-order valence-electron chi connectivity index (χ1n) is 32.5. The van der Waals surface area contributed by atoms with Gasteiger partial charge in [0, 0.05) is 44.6 Å². The molecule has 44 heteroatoms. The van der Waals surface area contributed by atoms with Crippen molar-refractivity contribution in [2.45, 2.75) is 177 Å². The Bertz CT molecular complexity index is 3300. The van der Waals surface area contributed by atoms with E-state index in [1.165, 1.54) is 24.3 Å². The molecule has 30 N–H and O–H groups in total. The number of aliphatic hydroxyl groups excluding tert-OH is 1. The second-order valence-electron chi connectivity index (χ2n) is 24.2. The Hall–Kier alpha value is -11.2. The Balaban J connectivity index is 2.35. The first-order valence-corrected chi connectivity index (χ1v) is 33.1. The number of aliphatic hydroxyl groups is 1. The van der Waals surface area contributed by atoms with Crippen molar-refractivity contribution in [3.63, 3.8) is 0 Å². The molecule has 1 aliphatic heterocycles. The van der Waals surface area contributed by atoms with Crippen molar-refractivity contribution in [2.24, 2.45) is 56.0 Å². The molecule has 2 rings (SSSR count). The Labute approximate surface area is 600 Å². The third kappa shape index (κ3) is 33.1. The molecule has 1 saturated heterocycles. The lowest BCUT2D eigenvalue weighted by Crippen LogP contribution is -2.61. The van der Waals surface area contributed by atoms with E-state index in [4.69, 9.17) is 40.1 Å². The van der Waals surface area contributed by atoms with E-state index >= 15 is 0 Å². The van der Waals surface area contributed by atoms with Crippen LogP contribution in [0.1, 0.15) is 103 Å². The normalized spacial score (nSPS) is 15.5. The number of phenolic OH excluding ortho intramolecular Hbond substituents is 1. The van der Waals surface area contributed by atoms with Gasteiger partial charge >= 0.3 is 17.9 Å². The molecule has 0 aliphatic carbocycles. The molecule has 1 aromatic carbocycles. The molecule has 104 heavy (non-hydrogen) atoms. The maximum atomic E-state index is 14.4. The minimum atomic E-state index is -2.08. The van der Waals surface area contributed by atoms with Gasteiger partial charge < -0.3 is 129 Å². The van der Waals surface area contributed by atoms with Crippen LogP contribution in [0.2, 0.25) is 0 Å². The van der Waals surface area contributed by atoms with Gasteiger partial charge in [-0.05, 0) is 81.9 Å². The first-order chi connectivity index (χ1) is 48.7. The quantitative estimate of drug-likeness (QED) is 0.0125. The Morgan fingerprint density at radius 2 is 1.01 bits per heavy atom. The summed E-state index contributed by atoms with van der Waals surface area (Å²) in [6.07, 6.45) is -6.44. The van der Waals surface area contributed by atoms with E-state index in [1.807, 2.05) is 0 Å². The van der Waals surface area contributed by atoms with E-state index in [9.17, 15) is 107 Å². The number of benzene rings is 1. The minimum absolute atomic E-state index is 0.00633. The number of aromatic hydroxyl groups is 1. The molecule has 1 aliphatic rings. The second-order valence-corrected chi connectivity index (χ2v) is 24.6. The smallest absolute Gasteiger partial charge is 0.326 e. The summed E-state index contributed by atoms with van der Waals surface area (Å²) in [5.74, 6) is -21.6. The summed E-state index contributed by atoms with van der Waals surface area (Å²) in [6, 6.07) is -12.9. The van der Waals surface area contributed by atoms with Crippen LogP contribution in [0.4, 0.5) is 0 Å². The van der Waals surface area contributed by atoms with E-state index in [0.717, 1.165) is 11.8 Å². The number of carboxylic acid groups (broad SMARTS) is 3. The molecule has 1 aromatic rings. The number of guanidine groups is 2. The molecule has 14 amide bonds. The number of aliphatic imine (C=N–C) groups is 2. The maximum absolute atomic E-state index is 14.4. The van der Waals surface area contributed by atoms with Crippen LogP contribution < -0.4 is 98.6 Å². The predicted molar refractivity (Wildman–Crippen MR) is 367 cm³/mol. The van der Waals surface area contributed by atoms with Gasteiger partial charge in [-0.25, -0.2) is 4.79 Å². The third-order valence-corrected chi connectivity index (χ3v) is 15.7. The third-order valence-electron chi connectivity index (χ3n) is 15.4. The summed E-state index contributed by atoms with van der Waals surface area (Å²) >= 11 is 4.15. The topological polar surface area (TPSA) is 734 Å². The number of nitrogens with zero attached hydrogens (tertiary/aromatic N) is 3. The number of carbonyl (C=O) groups is 17. The van der Waals surface area contributed by atoms with Gasteiger partial charge in [0.15, 0.2) is 11.9 Å². The summed E-state index contributed by atoms with van der Waals surface area (Å²) in [5.41, 5.74) is 38.2. The zero-order chi connectivity index (χ0) is 78.7. The molecule has 1 heterocycles. The number of primary amides is 2. The molecule has 578 valence electrons. The molecule has 0 saturated carbocycles. The summed E-state index contributed by atoms with van der Waals surface area (Å²) in [7, 11) is 0. The Morgan fingerprint density at radius 3 is 1.54 bits per heavy atom. The van der Waals surface area contributed by atoms with Crippen LogP contribution >= 0.6 is 12.6 Å². The molecule has 0 bridgehead atoms. The molecule has 1 fully saturated rings. The van der Waals surface area contributed by atoms with Gasteiger partial charge in [0.2, 0.25) is 82.7 Å². The van der Waals surface area contributed by atoms with Gasteiger partial charge in [-0.1, -0.05) is 26.0 Å². The summed E-state index contributed by atoms with van der Waals surface area (Å²) in [4.78, 5) is 232. The SMILES string of the molecule is CC(C)[C@H](NC(=O)[C@@H](N)CCC(N)=O)C(=O)NCC(=O)N1CCC[C@H]1C(=O)N[C@@H](CC(=O)O)C(=O)N[C@@H](CC(N)=O)C(=O)N[C@H](C(=O)NCC(=O)N[C@@H](CCC(=O)O)C(=O)N[C@@H](Cc1ccc(O)cc1)C(=O)N[C@@H](CCCN=C(N)N)C(=O)N[C@@H](CS)C(=O)N[C@@H](CCCN=C(N)N)C(=O)O)[C@@H](C)O. The summed E-state index contributed by atoms with van der Waals surface area (Å²) < 4.78 is 0. The number of nitrogens with one attached hydrogen (secondary N) is 11. The second kappa shape index (κ2) is 44.9. The highest BCUT2D eigenvalue weighted by Gasteiger charge is 2.40. The lowest BCUT2D eigenvalue weighted by atomic mass is 10.0. The van der Waals surface area contributed by atoms with Crippen molar-refractivity contribution < 1.29 is 107 Å². The number of phenols is 1. The highest BCUT2D eigenvalue weighted by Crippen LogP contribution is 2.19. The molecule has 12 atom stereocenters. The molecular weight excluding hydrogens is 1400 g/mol. The predicted octanol–water partition coefficient (Wildman–Crippen LogP) is -10.5. The zero-order valence-corrected chi connectivity index (χ0v) is 58.2. The lowest BCUT2D eigenvalue weighted by molar-refractivity contribution is -0.143. The number of rotatable bonds is 47. The van der Waals surface area contributed by atoms with E-state index in [1.54, 1.807) is 13.8 Å². The number of aliphatic carboxylic acids is 3. The van der Waals surface area contributed by atoms with E-state index in [0.29, 0.717) is 0 Å². The fraction of sp³-hybridized carbons (Fsp3) is 0.583. The van der Waals surface area contributed by atoms with Gasteiger partial charge in [0.05, 0.1) is 38.1 Å². The lowest BCUT2D eigenvalue weighted by Gasteiger charge is -2.28. The zero-order valence-electron chi connectivity index (χ0n) is 57.3. The number of likely N-dealkylation sites (tertiary alicyclic amines) is 1. The molecule has 43 nitrogen and oxygen atoms in total. The number of hydrogen-bond acceptors (Lipinski definition) is 23. The number of amides is 14. The van der Waals surface area contributed by atoms with Crippen molar-refractivity contribution in [3.8, 4) is 5.75 Å². The number of thiol groups is 1. The monoisotopic (exact) mass is 1490 g/mol. The van der Waals surface area contributed by atoms with Gasteiger partial charge in [-0.2, -0.15) is 12.6 Å². The summed E-state index contributed by atoms with van der Waals surface area (Å²) in [6.45, 7) is 2.20. The molecular formula is C60H95N21O22S. The first kappa shape index (κ1) is 88.9. The van der Waals surface area contributed by atoms with Crippen LogP contribution in [-0.2, 0) is 87.9 Å². The van der Waals surface area contributed by atoms with Gasteiger partial charge in [0.1, 0.15) is 66.2 Å². The van der Waals surface area contributed by atoms with Crippen molar-refractivity contribution >= 4 is 125 Å². The number of carboxylic acids is 3. The van der Waals surface area contributed by atoms with Gasteiger partial charge in [-0.3, -0.25) is 86.7 Å². The molecule has 0 aromatic heterocycles. The van der Waals surface area contributed by atoms with Gasteiger partial charge in [0.25, 0.3) is 0 Å². The Morgan fingerprint density at radius 1 is 0.529 bits per heavy atom. The number of carbonyl (C=O) groups excluding carboxylic acids is 14. The Kier molecular flexibility index (Phi) is 38.4. The largest absolute Gasteiger partial charge is 0.508 e. The van der Waals surface area contributed by atoms with Crippen LogP contribution in [0.15, 0.2) is 34.3 Å². The highest BCUT2D eigenvalue weighted by molar-refractivity contribution is 7.80. The van der Waals surface area contributed by atoms with E-state index in [2.05, 4.69) is 81.1 Å². The molecule has 0 unspecified atom stereocenters. The van der Waals surface area contributed by atoms with E-state index < -0.39 is 230 Å². The average Bonchev–Trinajstić information content (AvgIpc) is 1.58. The van der Waals surface area contributed by atoms with Crippen LogP contribution in [0, 0.1) is 5.92 Å². The number of nitrogens with two attached hydrogens (primary N) is 7. The highest BCUT2D eigenvalue weighted by atomic mass is 32.1. The maximum Gasteiger partial charge on any atom is 0.326 e. The fourth-order valence-corrected chi connectivity index (χ4v) is 10.1. The average molecular weight is 1490 g/mol.